The summed E-state index contributed by atoms with van der Waals surface area (Å²) in [5, 5.41) is 12.5. The Labute approximate surface area is 194 Å². The number of benzene rings is 3. The monoisotopic (exact) mass is 492 g/mol. The Balaban J connectivity index is 1.62. The molecule has 0 aliphatic rings. The third kappa shape index (κ3) is 5.06. The molecule has 0 bridgehead atoms. The smallest absolute Gasteiger partial charge is 0.234 e. The SMILES string of the molecule is Cc1ccc(-n2c(SCC(=O)Nc3cccc(C)c3)nnc2-c2ccccc2Br)cc1. The number of anilines is 1. The summed E-state index contributed by atoms with van der Waals surface area (Å²) in [6.07, 6.45) is 0. The van der Waals surface area contributed by atoms with Crippen LogP contribution in [0.2, 0.25) is 0 Å². The van der Waals surface area contributed by atoms with Gasteiger partial charge in [-0.3, -0.25) is 9.36 Å². The Hall–Kier alpha value is -2.90. The first-order chi connectivity index (χ1) is 15.0. The van der Waals surface area contributed by atoms with Crippen LogP contribution in [0.5, 0.6) is 0 Å². The van der Waals surface area contributed by atoms with Crippen molar-refractivity contribution in [2.45, 2.75) is 19.0 Å². The van der Waals surface area contributed by atoms with Crippen molar-refractivity contribution < 1.29 is 4.79 Å². The van der Waals surface area contributed by atoms with E-state index in [9.17, 15) is 4.79 Å². The van der Waals surface area contributed by atoms with Gasteiger partial charge in [0.25, 0.3) is 0 Å². The predicted octanol–water partition coefficient (Wildman–Crippen LogP) is 6.04. The van der Waals surface area contributed by atoms with E-state index in [0.29, 0.717) is 5.16 Å². The zero-order chi connectivity index (χ0) is 21.8. The summed E-state index contributed by atoms with van der Waals surface area (Å²) < 4.78 is 2.92. The van der Waals surface area contributed by atoms with Crippen LogP contribution in [-0.4, -0.2) is 26.4 Å². The number of hydrogen-bond acceptors (Lipinski definition) is 4. The lowest BCUT2D eigenvalue weighted by atomic mass is 10.2. The third-order valence-electron chi connectivity index (χ3n) is 4.67. The van der Waals surface area contributed by atoms with Crippen LogP contribution < -0.4 is 5.32 Å². The second-order valence-electron chi connectivity index (χ2n) is 7.16. The molecule has 3 aromatic carbocycles. The van der Waals surface area contributed by atoms with E-state index in [2.05, 4.69) is 50.5 Å². The number of amides is 1. The van der Waals surface area contributed by atoms with Crippen LogP contribution in [0.3, 0.4) is 0 Å². The largest absolute Gasteiger partial charge is 0.325 e. The molecule has 0 unspecified atom stereocenters. The van der Waals surface area contributed by atoms with Gasteiger partial charge < -0.3 is 5.32 Å². The van der Waals surface area contributed by atoms with Crippen molar-refractivity contribution in [3.05, 3.63) is 88.4 Å². The van der Waals surface area contributed by atoms with Crippen molar-refractivity contribution in [1.82, 2.24) is 14.8 Å². The number of aryl methyl sites for hydroxylation is 2. The normalized spacial score (nSPS) is 10.8. The van der Waals surface area contributed by atoms with Crippen molar-refractivity contribution in [3.8, 4) is 17.1 Å². The first kappa shape index (κ1) is 21.3. The molecule has 0 spiro atoms. The molecule has 1 N–H and O–H groups in total. The molecule has 0 atom stereocenters. The minimum atomic E-state index is -0.0866. The number of aromatic nitrogens is 3. The van der Waals surface area contributed by atoms with E-state index in [4.69, 9.17) is 0 Å². The highest BCUT2D eigenvalue weighted by Gasteiger charge is 2.18. The van der Waals surface area contributed by atoms with Crippen molar-refractivity contribution in [3.63, 3.8) is 0 Å². The van der Waals surface area contributed by atoms with E-state index in [-0.39, 0.29) is 11.7 Å². The molecule has 1 heterocycles. The van der Waals surface area contributed by atoms with Crippen molar-refractivity contribution in [1.29, 1.82) is 0 Å². The Morgan fingerprint density at radius 3 is 2.48 bits per heavy atom. The van der Waals surface area contributed by atoms with Gasteiger partial charge in [-0.25, -0.2) is 0 Å². The molecule has 0 aliphatic carbocycles. The van der Waals surface area contributed by atoms with Crippen LogP contribution in [0.15, 0.2) is 82.4 Å². The van der Waals surface area contributed by atoms with Crippen LogP contribution in [0.1, 0.15) is 11.1 Å². The molecule has 0 fully saturated rings. The fourth-order valence-electron chi connectivity index (χ4n) is 3.16. The third-order valence-corrected chi connectivity index (χ3v) is 6.29. The number of carbonyl (C=O) groups excluding carboxylic acids is 1. The second kappa shape index (κ2) is 9.49. The standard InChI is InChI=1S/C24H21BrN4OS/c1-16-10-12-19(13-11-16)29-23(20-8-3-4-9-21(20)25)27-28-24(29)31-15-22(30)26-18-7-5-6-17(2)14-18/h3-14H,15H2,1-2H3,(H,26,30). The summed E-state index contributed by atoms with van der Waals surface area (Å²) in [6.45, 7) is 4.05. The van der Waals surface area contributed by atoms with Gasteiger partial charge in [0.15, 0.2) is 11.0 Å². The van der Waals surface area contributed by atoms with E-state index < -0.39 is 0 Å². The Bertz CT molecular complexity index is 1220. The van der Waals surface area contributed by atoms with Crippen LogP contribution in [0.25, 0.3) is 17.1 Å². The van der Waals surface area contributed by atoms with E-state index >= 15 is 0 Å². The minimum Gasteiger partial charge on any atom is -0.325 e. The fourth-order valence-corrected chi connectivity index (χ4v) is 4.37. The van der Waals surface area contributed by atoms with Crippen LogP contribution in [-0.2, 0) is 4.79 Å². The Morgan fingerprint density at radius 1 is 0.968 bits per heavy atom. The van der Waals surface area contributed by atoms with Gasteiger partial charge in [0.2, 0.25) is 5.91 Å². The van der Waals surface area contributed by atoms with E-state index in [0.717, 1.165) is 32.8 Å². The van der Waals surface area contributed by atoms with Crippen molar-refractivity contribution in [2.75, 3.05) is 11.1 Å². The first-order valence-corrected chi connectivity index (χ1v) is 11.6. The summed E-state index contributed by atoms with van der Waals surface area (Å²) in [5.74, 6) is 0.864. The van der Waals surface area contributed by atoms with Crippen LogP contribution >= 0.6 is 27.7 Å². The lowest BCUT2D eigenvalue weighted by molar-refractivity contribution is -0.113. The number of hydrogen-bond donors (Lipinski definition) is 1. The lowest BCUT2D eigenvalue weighted by Crippen LogP contribution is -2.14. The summed E-state index contributed by atoms with van der Waals surface area (Å²) in [4.78, 5) is 12.5. The number of thioether (sulfide) groups is 1. The Morgan fingerprint density at radius 2 is 1.74 bits per heavy atom. The van der Waals surface area contributed by atoms with Gasteiger partial charge in [-0.2, -0.15) is 0 Å². The quantitative estimate of drug-likeness (QED) is 0.333. The lowest BCUT2D eigenvalue weighted by Gasteiger charge is -2.12. The molecule has 4 rings (SSSR count). The highest BCUT2D eigenvalue weighted by atomic mass is 79.9. The summed E-state index contributed by atoms with van der Waals surface area (Å²) in [5.41, 5.74) is 4.95. The topological polar surface area (TPSA) is 59.8 Å². The minimum absolute atomic E-state index is 0.0866. The van der Waals surface area contributed by atoms with Crippen molar-refractivity contribution in [2.24, 2.45) is 0 Å². The van der Waals surface area contributed by atoms with Gasteiger partial charge >= 0.3 is 0 Å². The van der Waals surface area contributed by atoms with Gasteiger partial charge in [0.05, 0.1) is 5.75 Å². The molecular weight excluding hydrogens is 472 g/mol. The molecule has 0 saturated carbocycles. The maximum atomic E-state index is 12.5. The zero-order valence-electron chi connectivity index (χ0n) is 17.2. The van der Waals surface area contributed by atoms with Gasteiger partial charge in [-0.05, 0) is 49.7 Å². The number of carbonyl (C=O) groups is 1. The molecule has 7 heteroatoms. The predicted molar refractivity (Wildman–Crippen MR) is 130 cm³/mol. The van der Waals surface area contributed by atoms with E-state index in [1.807, 2.05) is 72.2 Å². The number of rotatable bonds is 6. The highest BCUT2D eigenvalue weighted by molar-refractivity contribution is 9.10. The molecule has 1 amide bonds. The van der Waals surface area contributed by atoms with Gasteiger partial charge in [0.1, 0.15) is 0 Å². The molecule has 0 aliphatic heterocycles. The number of halogens is 1. The van der Waals surface area contributed by atoms with Crippen LogP contribution in [0.4, 0.5) is 5.69 Å². The van der Waals surface area contributed by atoms with Crippen LogP contribution in [0, 0.1) is 13.8 Å². The molecule has 31 heavy (non-hydrogen) atoms. The number of nitrogens with one attached hydrogen (secondary N) is 1. The summed E-state index contributed by atoms with van der Waals surface area (Å²) in [6, 6.07) is 23.8. The maximum absolute atomic E-state index is 12.5. The van der Waals surface area contributed by atoms with Gasteiger partial charge in [-0.1, -0.05) is 75.7 Å². The molecule has 156 valence electrons. The average Bonchev–Trinajstić information content (AvgIpc) is 3.17. The maximum Gasteiger partial charge on any atom is 0.234 e. The van der Waals surface area contributed by atoms with Gasteiger partial charge in [-0.15, -0.1) is 10.2 Å². The summed E-state index contributed by atoms with van der Waals surface area (Å²) in [7, 11) is 0. The van der Waals surface area contributed by atoms with Gasteiger partial charge in [0, 0.05) is 21.4 Å². The summed E-state index contributed by atoms with van der Waals surface area (Å²) >= 11 is 4.97. The molecule has 1 aromatic heterocycles. The molecule has 5 nitrogen and oxygen atoms in total. The first-order valence-electron chi connectivity index (χ1n) is 9.78. The fraction of sp³-hybridized carbons (Fsp3) is 0.125. The molecule has 4 aromatic rings. The highest BCUT2D eigenvalue weighted by Crippen LogP contribution is 2.32. The zero-order valence-corrected chi connectivity index (χ0v) is 19.6. The Kier molecular flexibility index (Phi) is 6.53. The average molecular weight is 493 g/mol. The molecule has 0 saturated heterocycles. The van der Waals surface area contributed by atoms with E-state index in [1.165, 1.54) is 17.3 Å². The van der Waals surface area contributed by atoms with Crippen molar-refractivity contribution >= 4 is 39.3 Å². The second-order valence-corrected chi connectivity index (χ2v) is 8.96. The molecular formula is C24H21BrN4OS. The van der Waals surface area contributed by atoms with E-state index in [1.54, 1.807) is 0 Å². The molecule has 0 radical (unpaired) electrons. The number of nitrogens with zero attached hydrogens (tertiary/aromatic N) is 3.